The maximum atomic E-state index is 12.6. The second-order valence-electron chi connectivity index (χ2n) is 5.59. The molecule has 1 saturated heterocycles. The molecule has 0 bridgehead atoms. The van der Waals surface area contributed by atoms with Crippen LogP contribution in [0.2, 0.25) is 0 Å². The standard InChI is InChI=1S/C14H18N6O2/c1-8(2)13-18-12(19-22-13)9-4-3-7-20(9)14(21)10-11(15)17-6-5-16-10/h5-6,8-9H,3-4,7H2,1-2H3,(H2,15,17)/t9-/m0/s1. The van der Waals surface area contributed by atoms with Crippen LogP contribution in [0.4, 0.5) is 5.82 Å². The van der Waals surface area contributed by atoms with Crippen molar-refractivity contribution in [3.05, 3.63) is 29.8 Å². The third-order valence-electron chi connectivity index (χ3n) is 3.69. The van der Waals surface area contributed by atoms with Crippen LogP contribution in [0.5, 0.6) is 0 Å². The van der Waals surface area contributed by atoms with E-state index in [0.29, 0.717) is 18.3 Å². The Morgan fingerprint density at radius 1 is 1.41 bits per heavy atom. The van der Waals surface area contributed by atoms with Crippen LogP contribution in [0.25, 0.3) is 0 Å². The summed E-state index contributed by atoms with van der Waals surface area (Å²) in [5.74, 6) is 1.16. The molecule has 0 radical (unpaired) electrons. The van der Waals surface area contributed by atoms with Crippen LogP contribution in [-0.2, 0) is 0 Å². The lowest BCUT2D eigenvalue weighted by Crippen LogP contribution is -2.32. The van der Waals surface area contributed by atoms with Crippen molar-refractivity contribution in [2.75, 3.05) is 12.3 Å². The van der Waals surface area contributed by atoms with Gasteiger partial charge in [-0.25, -0.2) is 9.97 Å². The highest BCUT2D eigenvalue weighted by Crippen LogP contribution is 2.32. The van der Waals surface area contributed by atoms with Crippen molar-refractivity contribution in [2.24, 2.45) is 0 Å². The highest BCUT2D eigenvalue weighted by molar-refractivity contribution is 5.96. The number of hydrogen-bond acceptors (Lipinski definition) is 7. The molecule has 2 N–H and O–H groups in total. The topological polar surface area (TPSA) is 111 Å². The maximum absolute atomic E-state index is 12.6. The van der Waals surface area contributed by atoms with Crippen molar-refractivity contribution in [3.63, 3.8) is 0 Å². The molecule has 1 atom stereocenters. The van der Waals surface area contributed by atoms with Gasteiger partial charge in [-0.2, -0.15) is 4.98 Å². The minimum absolute atomic E-state index is 0.133. The number of aromatic nitrogens is 4. The Kier molecular flexibility index (Phi) is 3.74. The molecule has 1 aliphatic heterocycles. The molecule has 8 heteroatoms. The highest BCUT2D eigenvalue weighted by atomic mass is 16.5. The Hall–Kier alpha value is -2.51. The number of hydrogen-bond donors (Lipinski definition) is 1. The molecular formula is C14H18N6O2. The van der Waals surface area contributed by atoms with E-state index in [-0.39, 0.29) is 29.4 Å². The van der Waals surface area contributed by atoms with E-state index in [0.717, 1.165) is 12.8 Å². The number of carbonyl (C=O) groups is 1. The fraction of sp³-hybridized carbons (Fsp3) is 0.500. The van der Waals surface area contributed by atoms with Crippen LogP contribution in [0.3, 0.4) is 0 Å². The highest BCUT2D eigenvalue weighted by Gasteiger charge is 2.35. The van der Waals surface area contributed by atoms with Gasteiger partial charge in [0.1, 0.15) is 0 Å². The van der Waals surface area contributed by atoms with E-state index in [4.69, 9.17) is 10.3 Å². The first kappa shape index (κ1) is 14.4. The minimum Gasteiger partial charge on any atom is -0.382 e. The lowest BCUT2D eigenvalue weighted by atomic mass is 10.2. The van der Waals surface area contributed by atoms with Gasteiger partial charge in [0, 0.05) is 24.9 Å². The average Bonchev–Trinajstić information content (AvgIpc) is 3.15. The lowest BCUT2D eigenvalue weighted by molar-refractivity contribution is 0.0723. The minimum atomic E-state index is -0.246. The molecule has 2 aromatic heterocycles. The molecule has 0 spiro atoms. The van der Waals surface area contributed by atoms with Crippen molar-refractivity contribution < 1.29 is 9.32 Å². The van der Waals surface area contributed by atoms with Crippen molar-refractivity contribution >= 4 is 11.7 Å². The van der Waals surface area contributed by atoms with E-state index in [2.05, 4.69) is 20.1 Å². The monoisotopic (exact) mass is 302 g/mol. The molecule has 0 aliphatic carbocycles. The van der Waals surface area contributed by atoms with Crippen molar-refractivity contribution in [1.82, 2.24) is 25.0 Å². The molecule has 3 rings (SSSR count). The van der Waals surface area contributed by atoms with E-state index >= 15 is 0 Å². The van der Waals surface area contributed by atoms with Crippen LogP contribution >= 0.6 is 0 Å². The lowest BCUT2D eigenvalue weighted by Gasteiger charge is -2.21. The second-order valence-corrected chi connectivity index (χ2v) is 5.59. The SMILES string of the molecule is CC(C)c1nc([C@@H]2CCCN2C(=O)c2nccnc2N)no1. The number of amides is 1. The van der Waals surface area contributed by atoms with E-state index in [1.165, 1.54) is 12.4 Å². The van der Waals surface area contributed by atoms with Crippen LogP contribution in [0.1, 0.15) is 60.9 Å². The maximum Gasteiger partial charge on any atom is 0.276 e. The fourth-order valence-corrected chi connectivity index (χ4v) is 2.54. The van der Waals surface area contributed by atoms with Crippen molar-refractivity contribution in [2.45, 2.75) is 38.6 Å². The Balaban J connectivity index is 1.86. The molecule has 0 unspecified atom stereocenters. The van der Waals surface area contributed by atoms with Gasteiger partial charge in [-0.3, -0.25) is 4.79 Å². The normalized spacial score (nSPS) is 18.1. The summed E-state index contributed by atoms with van der Waals surface area (Å²) >= 11 is 0. The molecule has 8 nitrogen and oxygen atoms in total. The Morgan fingerprint density at radius 2 is 2.18 bits per heavy atom. The summed E-state index contributed by atoms with van der Waals surface area (Å²) in [5, 5.41) is 4.02. The van der Waals surface area contributed by atoms with E-state index in [1.807, 2.05) is 13.8 Å². The van der Waals surface area contributed by atoms with Crippen LogP contribution in [0.15, 0.2) is 16.9 Å². The smallest absolute Gasteiger partial charge is 0.276 e. The number of nitrogen functional groups attached to an aromatic ring is 1. The number of carbonyl (C=O) groups excluding carboxylic acids is 1. The molecule has 0 saturated carbocycles. The molecule has 1 fully saturated rings. The molecule has 3 heterocycles. The van der Waals surface area contributed by atoms with Gasteiger partial charge < -0.3 is 15.2 Å². The zero-order valence-electron chi connectivity index (χ0n) is 12.6. The van der Waals surface area contributed by atoms with Crippen molar-refractivity contribution in [3.8, 4) is 0 Å². The van der Waals surface area contributed by atoms with Crippen molar-refractivity contribution in [1.29, 1.82) is 0 Å². The molecular weight excluding hydrogens is 284 g/mol. The third kappa shape index (κ3) is 2.51. The summed E-state index contributed by atoms with van der Waals surface area (Å²) in [5.41, 5.74) is 5.91. The first-order chi connectivity index (χ1) is 10.6. The fourth-order valence-electron chi connectivity index (χ4n) is 2.54. The Morgan fingerprint density at radius 3 is 2.86 bits per heavy atom. The molecule has 22 heavy (non-hydrogen) atoms. The number of anilines is 1. The quantitative estimate of drug-likeness (QED) is 0.915. The summed E-state index contributed by atoms with van der Waals surface area (Å²) in [6, 6.07) is -0.204. The van der Waals surface area contributed by atoms with Gasteiger partial charge in [0.2, 0.25) is 5.89 Å². The summed E-state index contributed by atoms with van der Waals surface area (Å²) < 4.78 is 5.24. The van der Waals surface area contributed by atoms with Gasteiger partial charge in [-0.15, -0.1) is 0 Å². The summed E-state index contributed by atoms with van der Waals surface area (Å²) in [7, 11) is 0. The van der Waals surface area contributed by atoms with Gasteiger partial charge in [0.05, 0.1) is 6.04 Å². The Labute approximate surface area is 127 Å². The van der Waals surface area contributed by atoms with Gasteiger partial charge in [-0.05, 0) is 12.8 Å². The van der Waals surface area contributed by atoms with E-state index in [1.54, 1.807) is 4.90 Å². The zero-order chi connectivity index (χ0) is 15.7. The van der Waals surface area contributed by atoms with E-state index in [9.17, 15) is 4.79 Å². The molecule has 0 aromatic carbocycles. The van der Waals surface area contributed by atoms with Gasteiger partial charge in [0.25, 0.3) is 5.91 Å². The number of likely N-dealkylation sites (tertiary alicyclic amines) is 1. The van der Waals surface area contributed by atoms with Crippen LogP contribution in [0, 0.1) is 0 Å². The van der Waals surface area contributed by atoms with Gasteiger partial charge in [0.15, 0.2) is 17.3 Å². The van der Waals surface area contributed by atoms with Crippen LogP contribution < -0.4 is 5.73 Å². The molecule has 2 aromatic rings. The zero-order valence-corrected chi connectivity index (χ0v) is 12.6. The summed E-state index contributed by atoms with van der Waals surface area (Å²) in [4.78, 5) is 26.7. The molecule has 1 amide bonds. The number of nitrogens with zero attached hydrogens (tertiary/aromatic N) is 5. The summed E-state index contributed by atoms with van der Waals surface area (Å²) in [6.07, 6.45) is 4.59. The predicted octanol–water partition coefficient (Wildman–Crippen LogP) is 1.54. The third-order valence-corrected chi connectivity index (χ3v) is 3.69. The largest absolute Gasteiger partial charge is 0.382 e. The molecule has 116 valence electrons. The van der Waals surface area contributed by atoms with Gasteiger partial charge in [-0.1, -0.05) is 19.0 Å². The molecule has 1 aliphatic rings. The number of rotatable bonds is 3. The van der Waals surface area contributed by atoms with E-state index < -0.39 is 0 Å². The predicted molar refractivity (Wildman–Crippen MR) is 77.8 cm³/mol. The first-order valence-electron chi connectivity index (χ1n) is 7.29. The first-order valence-corrected chi connectivity index (χ1v) is 7.29. The van der Waals surface area contributed by atoms with Gasteiger partial charge >= 0.3 is 0 Å². The number of nitrogens with two attached hydrogens (primary N) is 1. The van der Waals surface area contributed by atoms with Crippen LogP contribution in [-0.4, -0.2) is 37.5 Å². The Bertz CT molecular complexity index is 683. The average molecular weight is 302 g/mol. The summed E-state index contributed by atoms with van der Waals surface area (Å²) in [6.45, 7) is 4.58. The second kappa shape index (κ2) is 5.70.